The van der Waals surface area contributed by atoms with Gasteiger partial charge < -0.3 is 28.0 Å². The number of rotatable bonds is 7. The van der Waals surface area contributed by atoms with Gasteiger partial charge in [0.2, 0.25) is 5.78 Å². The summed E-state index contributed by atoms with van der Waals surface area (Å²) >= 11 is 0. The highest BCUT2D eigenvalue weighted by atomic mass is 16.3. The lowest BCUT2D eigenvalue weighted by Gasteiger charge is -2.06. The van der Waals surface area contributed by atoms with E-state index in [1.165, 1.54) is 5.56 Å². The highest BCUT2D eigenvalue weighted by Gasteiger charge is 2.19. The molecule has 18 heteroatoms. The van der Waals surface area contributed by atoms with Gasteiger partial charge in [0.25, 0.3) is 0 Å². The molecule has 16 aromatic rings. The van der Waals surface area contributed by atoms with Crippen molar-refractivity contribution in [3.63, 3.8) is 0 Å². The van der Waals surface area contributed by atoms with Crippen LogP contribution in [0.25, 0.3) is 78.0 Å². The minimum atomic E-state index is -0.792. The van der Waals surface area contributed by atoms with Crippen molar-refractivity contribution in [3.8, 4) is 11.3 Å². The molecule has 0 saturated heterocycles. The largest absolute Gasteiger partial charge is 0.382 e. The SMILES string of the molecule is Nc1nc2ccccc2n2cc(-c3ccccc3)nc12.Nc1nc2ccccc2n2cc(C(=O)c3ccccc3)nc12.Nc1nc2ccccc2n2cc(C(O)c3ccccc3)nc12.Nc1nc2ccccc2n2cc(Cc3ccccc3)nc12. The van der Waals surface area contributed by atoms with Gasteiger partial charge in [-0.3, -0.25) is 22.4 Å². The zero-order valence-corrected chi connectivity index (χ0v) is 45.4. The molecule has 0 amide bonds. The predicted molar refractivity (Wildman–Crippen MR) is 335 cm³/mol. The first kappa shape index (κ1) is 52.5. The van der Waals surface area contributed by atoms with E-state index >= 15 is 0 Å². The zero-order chi connectivity index (χ0) is 58.0. The Hall–Kier alpha value is -11.9. The van der Waals surface area contributed by atoms with Crippen molar-refractivity contribution in [2.45, 2.75) is 12.5 Å². The Bertz CT molecular complexity index is 5090. The molecule has 8 aromatic heterocycles. The molecule has 1 unspecified atom stereocenters. The highest BCUT2D eigenvalue weighted by Crippen LogP contribution is 2.28. The first-order valence-electron chi connectivity index (χ1n) is 27.2. The minimum absolute atomic E-state index is 0.132. The molecule has 0 aliphatic heterocycles. The number of carbonyl (C=O) groups excluding carboxylic acids is 1. The molecule has 8 aromatic carbocycles. The normalized spacial score (nSPS) is 11.6. The lowest BCUT2D eigenvalue weighted by atomic mass is 10.1. The number of aliphatic hydroxyl groups is 1. The summed E-state index contributed by atoms with van der Waals surface area (Å²) in [5.74, 6) is 1.45. The molecule has 18 nitrogen and oxygen atoms in total. The average molecular weight is 1110 g/mol. The second kappa shape index (κ2) is 22.6. The summed E-state index contributed by atoms with van der Waals surface area (Å²) in [5.41, 5.74) is 40.1. The Morgan fingerprint density at radius 3 is 1.29 bits per heavy atom. The maximum atomic E-state index is 12.5. The summed E-state index contributed by atoms with van der Waals surface area (Å²) in [6, 6.07) is 70.0. The number of anilines is 4. The van der Waals surface area contributed by atoms with Crippen LogP contribution in [-0.2, 0) is 6.42 Å². The van der Waals surface area contributed by atoms with Crippen LogP contribution >= 0.6 is 0 Å². The van der Waals surface area contributed by atoms with Crippen LogP contribution in [0.3, 0.4) is 0 Å². The van der Waals surface area contributed by atoms with Crippen LogP contribution in [0.2, 0.25) is 0 Å². The molecule has 412 valence electrons. The fourth-order valence-electron chi connectivity index (χ4n) is 10.2. The number of carbonyl (C=O) groups is 1. The zero-order valence-electron chi connectivity index (χ0n) is 45.4. The summed E-state index contributed by atoms with van der Waals surface area (Å²) in [6.07, 6.45) is 7.57. The topological polar surface area (TPSA) is 262 Å². The maximum Gasteiger partial charge on any atom is 0.212 e. The number of fused-ring (bicyclic) bond motifs is 12. The molecule has 0 aliphatic rings. The molecule has 0 spiro atoms. The van der Waals surface area contributed by atoms with Crippen molar-refractivity contribution >= 4 is 95.8 Å². The molecular weight excluding hydrogens is 1060 g/mol. The number of benzene rings is 8. The Balaban J connectivity index is 0.000000105. The molecule has 0 saturated carbocycles. The second-order valence-corrected chi connectivity index (χ2v) is 19.9. The van der Waals surface area contributed by atoms with Crippen molar-refractivity contribution in [2.75, 3.05) is 22.9 Å². The molecular formula is C67H52N16O2. The molecule has 0 bridgehead atoms. The maximum absolute atomic E-state index is 12.5. The number of hydrogen-bond donors (Lipinski definition) is 5. The number of nitrogen functional groups attached to an aromatic ring is 4. The number of hydrogen-bond acceptors (Lipinski definition) is 14. The quantitative estimate of drug-likeness (QED) is 0.0930. The van der Waals surface area contributed by atoms with E-state index in [-0.39, 0.29) is 5.78 Å². The van der Waals surface area contributed by atoms with Gasteiger partial charge in [0, 0.05) is 42.3 Å². The van der Waals surface area contributed by atoms with E-state index in [1.807, 2.05) is 230 Å². The van der Waals surface area contributed by atoms with Crippen LogP contribution in [0.15, 0.2) is 243 Å². The van der Waals surface area contributed by atoms with E-state index < -0.39 is 6.10 Å². The molecule has 85 heavy (non-hydrogen) atoms. The van der Waals surface area contributed by atoms with Crippen molar-refractivity contribution < 1.29 is 9.90 Å². The Labute approximate surface area is 484 Å². The van der Waals surface area contributed by atoms with Crippen LogP contribution in [0.5, 0.6) is 0 Å². The number of ketones is 1. The van der Waals surface area contributed by atoms with Crippen molar-refractivity contribution in [3.05, 3.63) is 277 Å². The van der Waals surface area contributed by atoms with E-state index in [1.54, 1.807) is 18.3 Å². The number of para-hydroxylation sites is 8. The summed E-state index contributed by atoms with van der Waals surface area (Å²) in [6.45, 7) is 0. The van der Waals surface area contributed by atoms with Gasteiger partial charge in [0.05, 0.1) is 61.2 Å². The number of imidazole rings is 4. The van der Waals surface area contributed by atoms with Gasteiger partial charge in [0.1, 0.15) is 11.8 Å². The van der Waals surface area contributed by atoms with Gasteiger partial charge in [-0.15, -0.1) is 0 Å². The lowest BCUT2D eigenvalue weighted by Crippen LogP contribution is -2.01. The Morgan fingerprint density at radius 1 is 0.388 bits per heavy atom. The first-order chi connectivity index (χ1) is 41.6. The van der Waals surface area contributed by atoms with Crippen LogP contribution in [0.4, 0.5) is 23.3 Å². The summed E-state index contributed by atoms with van der Waals surface area (Å²) in [5, 5.41) is 10.5. The van der Waals surface area contributed by atoms with Gasteiger partial charge in [-0.2, -0.15) is 0 Å². The summed E-state index contributed by atoms with van der Waals surface area (Å²) in [4.78, 5) is 48.1. The van der Waals surface area contributed by atoms with Gasteiger partial charge in [-0.25, -0.2) is 39.9 Å². The fourth-order valence-corrected chi connectivity index (χ4v) is 10.2. The molecule has 0 aliphatic carbocycles. The summed E-state index contributed by atoms with van der Waals surface area (Å²) in [7, 11) is 0. The van der Waals surface area contributed by atoms with E-state index in [0.29, 0.717) is 57.2 Å². The third-order valence-electron chi connectivity index (χ3n) is 14.3. The Kier molecular flexibility index (Phi) is 13.9. The summed E-state index contributed by atoms with van der Waals surface area (Å²) < 4.78 is 7.71. The van der Waals surface area contributed by atoms with Gasteiger partial charge in [0.15, 0.2) is 45.9 Å². The number of aromatic nitrogens is 12. The van der Waals surface area contributed by atoms with Crippen molar-refractivity contribution in [1.82, 2.24) is 57.5 Å². The molecule has 0 fully saturated rings. The van der Waals surface area contributed by atoms with E-state index in [9.17, 15) is 9.90 Å². The average Bonchev–Trinajstić information content (AvgIpc) is 4.25. The molecule has 0 radical (unpaired) electrons. The highest BCUT2D eigenvalue weighted by molar-refractivity contribution is 6.08. The van der Waals surface area contributed by atoms with E-state index in [0.717, 1.165) is 78.7 Å². The number of nitrogens with two attached hydrogens (primary N) is 4. The van der Waals surface area contributed by atoms with E-state index in [4.69, 9.17) is 22.9 Å². The second-order valence-electron chi connectivity index (χ2n) is 19.9. The van der Waals surface area contributed by atoms with E-state index in [2.05, 4.69) is 52.0 Å². The van der Waals surface area contributed by atoms with Crippen molar-refractivity contribution in [2.24, 2.45) is 0 Å². The van der Waals surface area contributed by atoms with Crippen molar-refractivity contribution in [1.29, 1.82) is 0 Å². The third kappa shape index (κ3) is 10.5. The monoisotopic (exact) mass is 1110 g/mol. The molecule has 8 heterocycles. The molecule has 16 rings (SSSR count). The third-order valence-corrected chi connectivity index (χ3v) is 14.3. The van der Waals surface area contributed by atoms with Gasteiger partial charge in [-0.05, 0) is 59.7 Å². The smallest absolute Gasteiger partial charge is 0.212 e. The minimum Gasteiger partial charge on any atom is -0.382 e. The predicted octanol–water partition coefficient (Wildman–Crippen LogP) is 11.4. The molecule has 9 N–H and O–H groups in total. The lowest BCUT2D eigenvalue weighted by molar-refractivity contribution is 0.103. The number of nitrogens with zero attached hydrogens (tertiary/aromatic N) is 12. The van der Waals surface area contributed by atoms with Gasteiger partial charge >= 0.3 is 0 Å². The van der Waals surface area contributed by atoms with Crippen LogP contribution in [0, 0.1) is 0 Å². The van der Waals surface area contributed by atoms with Crippen LogP contribution in [0.1, 0.15) is 44.7 Å². The first-order valence-corrected chi connectivity index (χ1v) is 27.2. The fraction of sp³-hybridized carbons (Fsp3) is 0.0299. The molecule has 1 atom stereocenters. The van der Waals surface area contributed by atoms with Crippen LogP contribution < -0.4 is 22.9 Å². The number of aliphatic hydroxyl groups excluding tert-OH is 1. The standard InChI is InChI=1S/C17H14N4O.C17H12N4O.C17H14N4.C16H12N4/c2*18-16-17-20-13(15(22)11-6-2-1-3-7-11)10-21(17)14-9-5-4-8-12(14)19-16;18-16-17-19-13(10-12-6-2-1-3-7-12)11-21(17)15-9-5-4-8-14(15)20-16;17-15-16-19-13(11-6-2-1-3-7-11)10-20(16)14-9-5-4-8-12(14)18-15/h1-10,15,22H,(H2,18,19);1-10H,(H2,18,19);1-9,11H,10H2,(H2,18,20);1-10H,(H2,17,18). The van der Waals surface area contributed by atoms with Gasteiger partial charge in [-0.1, -0.05) is 170 Å². The Morgan fingerprint density at radius 2 is 0.776 bits per heavy atom. The van der Waals surface area contributed by atoms with Crippen LogP contribution in [-0.4, -0.2) is 68.4 Å².